The zero-order chi connectivity index (χ0) is 12.2. The summed E-state index contributed by atoms with van der Waals surface area (Å²) in [4.78, 5) is 15.9. The molecule has 0 unspecified atom stereocenters. The van der Waals surface area contributed by atoms with Gasteiger partial charge in [0, 0.05) is 26.0 Å². The standard InChI is InChI=1S/C11H19N3O2/c1-5-14-7-6-12-9(10(14)15)13-11(2,3)8-16-4/h6-7H,5,8H2,1-4H3,(H,12,13). The predicted molar refractivity (Wildman–Crippen MR) is 63.7 cm³/mol. The highest BCUT2D eigenvalue weighted by Gasteiger charge is 2.19. The van der Waals surface area contributed by atoms with Crippen LogP contribution in [0, 0.1) is 0 Å². The maximum atomic E-state index is 11.9. The van der Waals surface area contributed by atoms with Crippen LogP contribution in [0.15, 0.2) is 17.2 Å². The molecule has 1 rings (SSSR count). The molecule has 16 heavy (non-hydrogen) atoms. The van der Waals surface area contributed by atoms with Crippen molar-refractivity contribution in [1.82, 2.24) is 9.55 Å². The van der Waals surface area contributed by atoms with E-state index in [9.17, 15) is 4.79 Å². The summed E-state index contributed by atoms with van der Waals surface area (Å²) in [5.74, 6) is 0.367. The summed E-state index contributed by atoms with van der Waals surface area (Å²) in [6.07, 6.45) is 3.30. The molecule has 1 aromatic rings. The molecular formula is C11H19N3O2. The number of aryl methyl sites for hydroxylation is 1. The minimum atomic E-state index is -0.312. The van der Waals surface area contributed by atoms with Gasteiger partial charge in [0.25, 0.3) is 5.56 Å². The molecule has 0 saturated carbocycles. The van der Waals surface area contributed by atoms with Crippen LogP contribution in [0.1, 0.15) is 20.8 Å². The van der Waals surface area contributed by atoms with E-state index in [2.05, 4.69) is 10.3 Å². The van der Waals surface area contributed by atoms with E-state index >= 15 is 0 Å². The fourth-order valence-corrected chi connectivity index (χ4v) is 1.50. The Morgan fingerprint density at radius 2 is 2.25 bits per heavy atom. The molecule has 0 bridgehead atoms. The Morgan fingerprint density at radius 3 is 2.81 bits per heavy atom. The van der Waals surface area contributed by atoms with E-state index in [-0.39, 0.29) is 11.1 Å². The lowest BCUT2D eigenvalue weighted by atomic mass is 10.1. The zero-order valence-corrected chi connectivity index (χ0v) is 10.3. The molecule has 5 nitrogen and oxygen atoms in total. The molecule has 5 heteroatoms. The van der Waals surface area contributed by atoms with Gasteiger partial charge in [-0.2, -0.15) is 0 Å². The van der Waals surface area contributed by atoms with Crippen molar-refractivity contribution in [2.45, 2.75) is 32.9 Å². The molecule has 0 aliphatic heterocycles. The minimum Gasteiger partial charge on any atom is -0.382 e. The molecule has 1 heterocycles. The lowest BCUT2D eigenvalue weighted by molar-refractivity contribution is 0.158. The SMILES string of the molecule is CCn1ccnc(NC(C)(C)COC)c1=O. The van der Waals surface area contributed by atoms with Crippen molar-refractivity contribution >= 4 is 5.82 Å². The fraction of sp³-hybridized carbons (Fsp3) is 0.636. The first-order valence-corrected chi connectivity index (χ1v) is 5.32. The minimum absolute atomic E-state index is 0.103. The highest BCUT2D eigenvalue weighted by Crippen LogP contribution is 2.09. The van der Waals surface area contributed by atoms with Crippen molar-refractivity contribution < 1.29 is 4.74 Å². The summed E-state index contributed by atoms with van der Waals surface area (Å²) >= 11 is 0. The van der Waals surface area contributed by atoms with Gasteiger partial charge in [-0.1, -0.05) is 0 Å². The number of rotatable bonds is 5. The Hall–Kier alpha value is -1.36. The second kappa shape index (κ2) is 5.12. The van der Waals surface area contributed by atoms with Gasteiger partial charge in [-0.05, 0) is 20.8 Å². The van der Waals surface area contributed by atoms with Gasteiger partial charge in [0.15, 0.2) is 5.82 Å². The lowest BCUT2D eigenvalue weighted by Gasteiger charge is -2.25. The van der Waals surface area contributed by atoms with Crippen LogP contribution >= 0.6 is 0 Å². The Balaban J connectivity index is 2.94. The van der Waals surface area contributed by atoms with E-state index < -0.39 is 0 Å². The van der Waals surface area contributed by atoms with Crippen molar-refractivity contribution in [2.24, 2.45) is 0 Å². The molecule has 0 fully saturated rings. The van der Waals surface area contributed by atoms with Crippen LogP contribution in [-0.4, -0.2) is 28.8 Å². The number of nitrogens with zero attached hydrogens (tertiary/aromatic N) is 2. The van der Waals surface area contributed by atoms with Gasteiger partial charge in [-0.3, -0.25) is 4.79 Å². The third-order valence-corrected chi connectivity index (χ3v) is 2.22. The van der Waals surface area contributed by atoms with Crippen molar-refractivity contribution in [3.63, 3.8) is 0 Å². The summed E-state index contributed by atoms with van der Waals surface area (Å²) in [5, 5.41) is 3.09. The van der Waals surface area contributed by atoms with E-state index in [0.717, 1.165) is 0 Å². The van der Waals surface area contributed by atoms with Crippen LogP contribution in [-0.2, 0) is 11.3 Å². The first-order valence-electron chi connectivity index (χ1n) is 5.32. The Kier molecular flexibility index (Phi) is 4.06. The second-order valence-corrected chi connectivity index (χ2v) is 4.31. The molecule has 0 aliphatic carbocycles. The molecule has 0 aliphatic rings. The molecule has 0 spiro atoms. The molecule has 0 atom stereocenters. The molecule has 90 valence electrons. The van der Waals surface area contributed by atoms with Crippen LogP contribution in [0.4, 0.5) is 5.82 Å². The summed E-state index contributed by atoms with van der Waals surface area (Å²) < 4.78 is 6.69. The van der Waals surface area contributed by atoms with Crippen LogP contribution in [0.3, 0.4) is 0 Å². The van der Waals surface area contributed by atoms with Gasteiger partial charge < -0.3 is 14.6 Å². The topological polar surface area (TPSA) is 56.1 Å². The van der Waals surface area contributed by atoms with Gasteiger partial charge in [0.2, 0.25) is 0 Å². The summed E-state index contributed by atoms with van der Waals surface area (Å²) in [7, 11) is 1.63. The average molecular weight is 225 g/mol. The monoisotopic (exact) mass is 225 g/mol. The largest absolute Gasteiger partial charge is 0.382 e. The predicted octanol–water partition coefficient (Wildman–Crippen LogP) is 1.10. The van der Waals surface area contributed by atoms with E-state index in [1.54, 1.807) is 24.1 Å². The normalized spacial score (nSPS) is 11.5. The van der Waals surface area contributed by atoms with Crippen molar-refractivity contribution in [3.05, 3.63) is 22.7 Å². The van der Waals surface area contributed by atoms with Crippen LogP contribution < -0.4 is 10.9 Å². The smallest absolute Gasteiger partial charge is 0.293 e. The quantitative estimate of drug-likeness (QED) is 0.815. The van der Waals surface area contributed by atoms with Gasteiger partial charge in [0.05, 0.1) is 12.1 Å². The van der Waals surface area contributed by atoms with Gasteiger partial charge in [-0.15, -0.1) is 0 Å². The number of anilines is 1. The molecule has 1 N–H and O–H groups in total. The van der Waals surface area contributed by atoms with Crippen LogP contribution in [0.2, 0.25) is 0 Å². The van der Waals surface area contributed by atoms with Gasteiger partial charge >= 0.3 is 0 Å². The van der Waals surface area contributed by atoms with E-state index in [1.165, 1.54) is 0 Å². The molecule has 0 amide bonds. The van der Waals surface area contributed by atoms with Crippen molar-refractivity contribution in [2.75, 3.05) is 19.0 Å². The van der Waals surface area contributed by atoms with E-state index in [4.69, 9.17) is 4.74 Å². The molecule has 0 radical (unpaired) electrons. The molecular weight excluding hydrogens is 206 g/mol. The number of nitrogens with one attached hydrogen (secondary N) is 1. The third-order valence-electron chi connectivity index (χ3n) is 2.22. The fourth-order valence-electron chi connectivity index (χ4n) is 1.50. The number of hydrogen-bond donors (Lipinski definition) is 1. The van der Waals surface area contributed by atoms with Crippen molar-refractivity contribution in [1.29, 1.82) is 0 Å². The first-order chi connectivity index (χ1) is 7.50. The average Bonchev–Trinajstić information content (AvgIpc) is 2.21. The number of methoxy groups -OCH3 is 1. The molecule has 1 aromatic heterocycles. The molecule has 0 aromatic carbocycles. The summed E-state index contributed by atoms with van der Waals surface area (Å²) in [6, 6.07) is 0. The van der Waals surface area contributed by atoms with E-state index in [0.29, 0.717) is 19.0 Å². The zero-order valence-electron chi connectivity index (χ0n) is 10.3. The number of hydrogen-bond acceptors (Lipinski definition) is 4. The van der Waals surface area contributed by atoms with Crippen LogP contribution in [0.5, 0.6) is 0 Å². The summed E-state index contributed by atoms with van der Waals surface area (Å²) in [5.41, 5.74) is -0.414. The lowest BCUT2D eigenvalue weighted by Crippen LogP contribution is -2.39. The highest BCUT2D eigenvalue weighted by atomic mass is 16.5. The maximum absolute atomic E-state index is 11.9. The second-order valence-electron chi connectivity index (χ2n) is 4.31. The van der Waals surface area contributed by atoms with Crippen LogP contribution in [0.25, 0.3) is 0 Å². The maximum Gasteiger partial charge on any atom is 0.293 e. The molecule has 0 saturated heterocycles. The Bertz CT molecular complexity index is 398. The van der Waals surface area contributed by atoms with E-state index in [1.807, 2.05) is 20.8 Å². The highest BCUT2D eigenvalue weighted by molar-refractivity contribution is 5.34. The Morgan fingerprint density at radius 1 is 1.56 bits per heavy atom. The van der Waals surface area contributed by atoms with Gasteiger partial charge in [-0.25, -0.2) is 4.98 Å². The number of ether oxygens (including phenoxy) is 1. The number of aromatic nitrogens is 2. The van der Waals surface area contributed by atoms with Gasteiger partial charge in [0.1, 0.15) is 0 Å². The Labute approximate surface area is 95.5 Å². The first kappa shape index (κ1) is 12.7. The third kappa shape index (κ3) is 3.06. The summed E-state index contributed by atoms with van der Waals surface area (Å²) in [6.45, 7) is 6.99. The van der Waals surface area contributed by atoms with Crippen molar-refractivity contribution in [3.8, 4) is 0 Å².